The van der Waals surface area contributed by atoms with Crippen molar-refractivity contribution in [1.82, 2.24) is 10.2 Å². The average Bonchev–Trinajstić information content (AvgIpc) is 2.66. The number of carbonyl (C=O) groups is 2. The summed E-state index contributed by atoms with van der Waals surface area (Å²) in [4.78, 5) is 24.0. The summed E-state index contributed by atoms with van der Waals surface area (Å²) in [6, 6.07) is -0.448. The lowest BCUT2D eigenvalue weighted by atomic mass is 10.0. The first-order valence-electron chi connectivity index (χ1n) is 5.85. The van der Waals surface area contributed by atoms with Gasteiger partial charge in [0.05, 0.1) is 18.6 Å². The molecule has 0 bridgehead atoms. The number of aliphatic hydroxyl groups excluding tert-OH is 1. The number of hydrogen-bond acceptors (Lipinski definition) is 3. The summed E-state index contributed by atoms with van der Waals surface area (Å²) in [7, 11) is 0. The maximum atomic E-state index is 11.8. The van der Waals surface area contributed by atoms with Crippen molar-refractivity contribution in [3.63, 3.8) is 0 Å². The lowest BCUT2D eigenvalue weighted by Crippen LogP contribution is -2.47. The van der Waals surface area contributed by atoms with Crippen LogP contribution in [0.5, 0.6) is 0 Å². The van der Waals surface area contributed by atoms with E-state index in [1.807, 2.05) is 6.92 Å². The molecule has 17 heavy (non-hydrogen) atoms. The molecule has 1 heterocycles. The molecule has 2 amide bonds. The summed E-state index contributed by atoms with van der Waals surface area (Å²) >= 11 is 0. The van der Waals surface area contributed by atoms with Crippen LogP contribution in [0.25, 0.3) is 0 Å². The summed E-state index contributed by atoms with van der Waals surface area (Å²) in [5.41, 5.74) is 0. The second kappa shape index (κ2) is 5.86. The lowest BCUT2D eigenvalue weighted by molar-refractivity contribution is -0.140. The fourth-order valence-corrected chi connectivity index (χ4v) is 1.97. The second-order valence-corrected chi connectivity index (χ2v) is 4.63. The van der Waals surface area contributed by atoms with Crippen molar-refractivity contribution in [2.24, 2.45) is 11.8 Å². The van der Waals surface area contributed by atoms with Crippen molar-refractivity contribution in [3.05, 3.63) is 0 Å². The van der Waals surface area contributed by atoms with Crippen LogP contribution in [0.4, 0.5) is 4.79 Å². The van der Waals surface area contributed by atoms with Crippen LogP contribution in [0.2, 0.25) is 0 Å². The standard InChI is InChI=1S/C11H20N2O4/c1-7-3-4-13(9(7)6-14)11(17)12-5-8(2)10(15)16/h7-9,14H,3-6H2,1-2H3,(H,12,17)(H,15,16). The fourth-order valence-electron chi connectivity index (χ4n) is 1.97. The van der Waals surface area contributed by atoms with Gasteiger partial charge in [0, 0.05) is 13.1 Å². The van der Waals surface area contributed by atoms with Crippen LogP contribution in [0.3, 0.4) is 0 Å². The molecule has 0 aromatic heterocycles. The third-order valence-electron chi connectivity index (χ3n) is 3.31. The average molecular weight is 244 g/mol. The van der Waals surface area contributed by atoms with E-state index in [-0.39, 0.29) is 31.1 Å². The van der Waals surface area contributed by atoms with Crippen LogP contribution in [-0.4, -0.2) is 52.9 Å². The smallest absolute Gasteiger partial charge is 0.317 e. The molecule has 0 spiro atoms. The number of hydrogen-bond donors (Lipinski definition) is 3. The second-order valence-electron chi connectivity index (χ2n) is 4.63. The maximum absolute atomic E-state index is 11.8. The van der Waals surface area contributed by atoms with E-state index < -0.39 is 11.9 Å². The molecular formula is C11H20N2O4. The highest BCUT2D eigenvalue weighted by Crippen LogP contribution is 2.23. The fraction of sp³-hybridized carbons (Fsp3) is 0.818. The Morgan fingerprint density at radius 1 is 1.53 bits per heavy atom. The number of aliphatic carboxylic acids is 1. The van der Waals surface area contributed by atoms with Gasteiger partial charge in [0.2, 0.25) is 0 Å². The molecule has 0 aromatic rings. The third kappa shape index (κ3) is 3.33. The quantitative estimate of drug-likeness (QED) is 0.655. The van der Waals surface area contributed by atoms with Gasteiger partial charge >= 0.3 is 12.0 Å². The minimum Gasteiger partial charge on any atom is -0.481 e. The van der Waals surface area contributed by atoms with Crippen LogP contribution in [0, 0.1) is 11.8 Å². The topological polar surface area (TPSA) is 89.9 Å². The van der Waals surface area contributed by atoms with Gasteiger partial charge in [-0.2, -0.15) is 0 Å². The van der Waals surface area contributed by atoms with E-state index in [1.54, 1.807) is 11.8 Å². The van der Waals surface area contributed by atoms with Gasteiger partial charge in [-0.05, 0) is 12.3 Å². The van der Waals surface area contributed by atoms with Crippen molar-refractivity contribution >= 4 is 12.0 Å². The van der Waals surface area contributed by atoms with E-state index in [9.17, 15) is 14.7 Å². The van der Waals surface area contributed by atoms with Crippen LogP contribution < -0.4 is 5.32 Å². The molecule has 6 heteroatoms. The highest BCUT2D eigenvalue weighted by molar-refractivity contribution is 5.76. The van der Waals surface area contributed by atoms with Crippen molar-refractivity contribution in [1.29, 1.82) is 0 Å². The molecule has 1 saturated heterocycles. The third-order valence-corrected chi connectivity index (χ3v) is 3.31. The van der Waals surface area contributed by atoms with Crippen LogP contribution in [0.15, 0.2) is 0 Å². The van der Waals surface area contributed by atoms with Gasteiger partial charge in [-0.3, -0.25) is 4.79 Å². The molecule has 0 radical (unpaired) electrons. The van der Waals surface area contributed by atoms with Crippen LogP contribution in [-0.2, 0) is 4.79 Å². The zero-order valence-corrected chi connectivity index (χ0v) is 10.2. The molecule has 0 aliphatic carbocycles. The van der Waals surface area contributed by atoms with Gasteiger partial charge in [0.25, 0.3) is 0 Å². The molecule has 3 N–H and O–H groups in total. The number of nitrogens with zero attached hydrogens (tertiary/aromatic N) is 1. The zero-order chi connectivity index (χ0) is 13.0. The molecule has 0 saturated carbocycles. The van der Waals surface area contributed by atoms with Gasteiger partial charge in [-0.15, -0.1) is 0 Å². The Bertz CT molecular complexity index is 295. The Morgan fingerprint density at radius 2 is 2.18 bits per heavy atom. The highest BCUT2D eigenvalue weighted by Gasteiger charge is 2.33. The summed E-state index contributed by atoms with van der Waals surface area (Å²) in [5.74, 6) is -1.26. The molecule has 6 nitrogen and oxygen atoms in total. The number of aliphatic hydroxyl groups is 1. The number of amides is 2. The molecule has 98 valence electrons. The number of urea groups is 1. The highest BCUT2D eigenvalue weighted by atomic mass is 16.4. The van der Waals surface area contributed by atoms with Gasteiger partial charge in [0.1, 0.15) is 0 Å². The molecule has 3 unspecified atom stereocenters. The van der Waals surface area contributed by atoms with E-state index in [0.717, 1.165) is 6.42 Å². The Kier molecular flexibility index (Phi) is 4.74. The van der Waals surface area contributed by atoms with Crippen LogP contribution in [0.1, 0.15) is 20.3 Å². The van der Waals surface area contributed by atoms with Crippen molar-refractivity contribution in [2.75, 3.05) is 19.7 Å². The summed E-state index contributed by atoms with van der Waals surface area (Å²) in [6.07, 6.45) is 0.868. The summed E-state index contributed by atoms with van der Waals surface area (Å²) < 4.78 is 0. The first kappa shape index (κ1) is 13.8. The molecule has 1 fully saturated rings. The van der Waals surface area contributed by atoms with E-state index in [4.69, 9.17) is 5.11 Å². The monoisotopic (exact) mass is 244 g/mol. The normalized spacial score (nSPS) is 25.7. The van der Waals surface area contributed by atoms with Gasteiger partial charge in [-0.25, -0.2) is 4.79 Å². The first-order valence-corrected chi connectivity index (χ1v) is 5.85. The number of carbonyl (C=O) groups excluding carboxylic acids is 1. The van der Waals surface area contributed by atoms with Crippen molar-refractivity contribution in [3.8, 4) is 0 Å². The number of likely N-dealkylation sites (tertiary alicyclic amines) is 1. The van der Waals surface area contributed by atoms with E-state index in [0.29, 0.717) is 6.54 Å². The molecule has 0 aromatic carbocycles. The predicted octanol–water partition coefficient (Wildman–Crippen LogP) is 0.119. The molecule has 1 rings (SSSR count). The van der Waals surface area contributed by atoms with Gasteiger partial charge in [0.15, 0.2) is 0 Å². The van der Waals surface area contributed by atoms with Crippen molar-refractivity contribution < 1.29 is 19.8 Å². The first-order chi connectivity index (χ1) is 7.97. The van der Waals surface area contributed by atoms with E-state index in [1.165, 1.54) is 0 Å². The molecular weight excluding hydrogens is 224 g/mol. The van der Waals surface area contributed by atoms with Crippen LogP contribution >= 0.6 is 0 Å². The number of carboxylic acid groups (broad SMARTS) is 1. The van der Waals surface area contributed by atoms with Gasteiger partial charge in [-0.1, -0.05) is 13.8 Å². The Hall–Kier alpha value is -1.30. The SMILES string of the molecule is CC(CNC(=O)N1CCC(C)C1CO)C(=O)O. The minimum atomic E-state index is -0.932. The molecule has 3 atom stereocenters. The number of carboxylic acids is 1. The summed E-state index contributed by atoms with van der Waals surface area (Å²) in [6.45, 7) is 4.20. The Labute approximate surface area is 101 Å². The maximum Gasteiger partial charge on any atom is 0.317 e. The van der Waals surface area contributed by atoms with E-state index in [2.05, 4.69) is 5.32 Å². The molecule has 1 aliphatic rings. The minimum absolute atomic E-state index is 0.0525. The number of nitrogens with one attached hydrogen (secondary N) is 1. The lowest BCUT2D eigenvalue weighted by Gasteiger charge is -2.25. The van der Waals surface area contributed by atoms with Gasteiger partial charge < -0.3 is 20.4 Å². The van der Waals surface area contributed by atoms with Crippen molar-refractivity contribution in [2.45, 2.75) is 26.3 Å². The Balaban J connectivity index is 2.45. The summed E-state index contributed by atoms with van der Waals surface area (Å²) in [5, 5.41) is 20.5. The largest absolute Gasteiger partial charge is 0.481 e. The predicted molar refractivity (Wildman–Crippen MR) is 61.6 cm³/mol. The Morgan fingerprint density at radius 3 is 2.71 bits per heavy atom. The zero-order valence-electron chi connectivity index (χ0n) is 10.2. The van der Waals surface area contributed by atoms with E-state index >= 15 is 0 Å². The number of rotatable bonds is 4. The molecule has 1 aliphatic heterocycles.